The summed E-state index contributed by atoms with van der Waals surface area (Å²) in [5, 5.41) is 0. The topological polar surface area (TPSA) is 73.3 Å². The van der Waals surface area contributed by atoms with Crippen LogP contribution in [-0.2, 0) is 4.57 Å². The van der Waals surface area contributed by atoms with Crippen LogP contribution in [0.5, 0.6) is 0 Å². The van der Waals surface area contributed by atoms with Crippen molar-refractivity contribution in [2.24, 2.45) is 0 Å². The minimum Gasteiger partial charge on any atom is -0.355 e. The monoisotopic (exact) mass is 160 g/mol. The van der Waals surface area contributed by atoms with Crippen molar-refractivity contribution in [1.82, 2.24) is 4.98 Å². The van der Waals surface area contributed by atoms with Crippen LogP contribution in [0.25, 0.3) is 0 Å². The Kier molecular flexibility index (Phi) is 1.68. The van der Waals surface area contributed by atoms with Crippen molar-refractivity contribution in [2.45, 2.75) is 0 Å². The van der Waals surface area contributed by atoms with Crippen molar-refractivity contribution in [3.63, 3.8) is 0 Å². The molecule has 1 radical (unpaired) electrons. The van der Waals surface area contributed by atoms with Crippen LogP contribution < -0.4 is 5.44 Å². The second-order valence-corrected chi connectivity index (χ2v) is 3.43. The highest BCUT2D eigenvalue weighted by Gasteiger charge is 2.20. The lowest BCUT2D eigenvalue weighted by atomic mass is 10.4. The van der Waals surface area contributed by atoms with Gasteiger partial charge in [-0.05, 0) is 18.6 Å². The molecule has 0 aliphatic rings. The average Bonchev–Trinajstić information content (AvgIpc) is 2.11. The molecule has 1 aromatic heterocycles. The summed E-state index contributed by atoms with van der Waals surface area (Å²) in [4.78, 5) is 19.6. The fourth-order valence-corrected chi connectivity index (χ4v) is 1.36. The quantitative estimate of drug-likeness (QED) is 0.506. The van der Waals surface area contributed by atoms with Crippen LogP contribution in [0.15, 0.2) is 12.3 Å². The lowest BCUT2D eigenvalue weighted by Gasteiger charge is -2.00. The highest BCUT2D eigenvalue weighted by molar-refractivity contribution is 7.60. The lowest BCUT2D eigenvalue weighted by Crippen LogP contribution is -2.07. The van der Waals surface area contributed by atoms with E-state index in [1.807, 2.05) is 0 Å². The number of hydrogen-bond acceptors (Lipinski definition) is 1. The van der Waals surface area contributed by atoms with Crippen molar-refractivity contribution < 1.29 is 14.4 Å². The molecule has 0 aliphatic heterocycles. The van der Waals surface area contributed by atoms with Gasteiger partial charge in [0.2, 0.25) is 0 Å². The van der Waals surface area contributed by atoms with Crippen LogP contribution in [-0.4, -0.2) is 14.8 Å². The summed E-state index contributed by atoms with van der Waals surface area (Å²) in [6.45, 7) is 3.42. The zero-order chi connectivity index (χ0) is 7.78. The first kappa shape index (κ1) is 7.54. The number of H-pyrrole nitrogens is 1. The number of rotatable bonds is 1. The maximum Gasteiger partial charge on any atom is 0.372 e. The minimum absolute atomic E-state index is 0.104. The highest BCUT2D eigenvalue weighted by atomic mass is 31.2. The summed E-state index contributed by atoms with van der Waals surface area (Å²) >= 11 is 0. The third kappa shape index (κ3) is 1.29. The van der Waals surface area contributed by atoms with Gasteiger partial charge in [-0.15, -0.1) is 0 Å². The Hall–Kier alpha value is -0.570. The first-order valence-electron chi connectivity index (χ1n) is 2.57. The smallest absolute Gasteiger partial charge is 0.355 e. The Morgan fingerprint density at radius 1 is 1.60 bits per heavy atom. The number of hydrogen-bond donors (Lipinski definition) is 3. The molecule has 0 saturated carbocycles. The van der Waals surface area contributed by atoms with Crippen LogP contribution in [0.2, 0.25) is 0 Å². The van der Waals surface area contributed by atoms with Gasteiger partial charge in [0.05, 0.1) is 0 Å². The van der Waals surface area contributed by atoms with Gasteiger partial charge in [0, 0.05) is 6.20 Å². The Morgan fingerprint density at radius 2 is 2.20 bits per heavy atom. The Labute approximate surface area is 58.1 Å². The molecule has 0 spiro atoms. The zero-order valence-electron chi connectivity index (χ0n) is 5.11. The molecule has 0 saturated heterocycles. The Balaban J connectivity index is 3.18. The first-order chi connectivity index (χ1) is 4.52. The van der Waals surface area contributed by atoms with E-state index in [4.69, 9.17) is 9.79 Å². The standard InChI is InChI=1S/C5H7NO3P/c1-4-2-3-6-5(4)10(7,8)9/h2-3,6H,1H2,(H2,7,8,9). The van der Waals surface area contributed by atoms with Crippen molar-refractivity contribution in [3.8, 4) is 0 Å². The van der Waals surface area contributed by atoms with Gasteiger partial charge < -0.3 is 14.8 Å². The molecule has 0 amide bonds. The maximum atomic E-state index is 10.5. The molecule has 1 heterocycles. The van der Waals surface area contributed by atoms with E-state index in [1.54, 1.807) is 0 Å². The Morgan fingerprint density at radius 3 is 2.40 bits per heavy atom. The molecule has 4 nitrogen and oxygen atoms in total. The van der Waals surface area contributed by atoms with Crippen LogP contribution in [0.3, 0.4) is 0 Å². The van der Waals surface area contributed by atoms with E-state index in [9.17, 15) is 4.57 Å². The molecule has 55 valence electrons. The molecule has 0 atom stereocenters. The molecule has 3 N–H and O–H groups in total. The normalized spacial score (nSPS) is 11.9. The predicted molar refractivity (Wildman–Crippen MR) is 36.9 cm³/mol. The fourth-order valence-electron chi connectivity index (χ4n) is 0.664. The molecular formula is C5H7NO3P. The highest BCUT2D eigenvalue weighted by Crippen LogP contribution is 2.33. The summed E-state index contributed by atoms with van der Waals surface area (Å²) < 4.78 is 10.5. The van der Waals surface area contributed by atoms with E-state index in [0.717, 1.165) is 0 Å². The second kappa shape index (κ2) is 2.23. The summed E-state index contributed by atoms with van der Waals surface area (Å²) in [7, 11) is -4.13. The fraction of sp³-hybridized carbons (Fsp3) is 0. The number of nitrogens with one attached hydrogen (secondary N) is 1. The molecule has 1 rings (SSSR count). The summed E-state index contributed by atoms with van der Waals surface area (Å²) in [5.41, 5.74) is 0.237. The first-order valence-corrected chi connectivity index (χ1v) is 4.18. The van der Waals surface area contributed by atoms with Crippen LogP contribution in [0.4, 0.5) is 0 Å². The van der Waals surface area contributed by atoms with Gasteiger partial charge in [0.1, 0.15) is 5.44 Å². The Bertz CT molecular complexity index is 274. The predicted octanol–water partition coefficient (Wildman–Crippen LogP) is -0.000110. The van der Waals surface area contributed by atoms with Crippen LogP contribution in [0.1, 0.15) is 5.56 Å². The molecule has 10 heavy (non-hydrogen) atoms. The molecule has 0 bridgehead atoms. The van der Waals surface area contributed by atoms with E-state index in [1.165, 1.54) is 12.3 Å². The second-order valence-electron chi connectivity index (χ2n) is 1.90. The van der Waals surface area contributed by atoms with Crippen molar-refractivity contribution in [3.05, 3.63) is 24.8 Å². The maximum absolute atomic E-state index is 10.5. The van der Waals surface area contributed by atoms with E-state index in [-0.39, 0.29) is 5.44 Å². The van der Waals surface area contributed by atoms with Crippen molar-refractivity contribution in [1.29, 1.82) is 0 Å². The van der Waals surface area contributed by atoms with E-state index >= 15 is 0 Å². The molecule has 5 heteroatoms. The van der Waals surface area contributed by atoms with Gasteiger partial charge in [-0.2, -0.15) is 0 Å². The SMILES string of the molecule is [CH2]c1cc[nH]c1P(=O)(O)O. The lowest BCUT2D eigenvalue weighted by molar-refractivity contribution is 0.386. The molecule has 0 fully saturated rings. The van der Waals surface area contributed by atoms with Crippen molar-refractivity contribution in [2.75, 3.05) is 0 Å². The molecule has 1 aromatic rings. The van der Waals surface area contributed by atoms with Gasteiger partial charge in [-0.25, -0.2) is 0 Å². The van der Waals surface area contributed by atoms with E-state index in [0.29, 0.717) is 5.56 Å². The number of aromatic amines is 1. The minimum atomic E-state index is -4.13. The van der Waals surface area contributed by atoms with Crippen molar-refractivity contribution >= 4 is 13.0 Å². The van der Waals surface area contributed by atoms with E-state index < -0.39 is 7.60 Å². The molecule has 0 aromatic carbocycles. The summed E-state index contributed by atoms with van der Waals surface area (Å²) in [5.74, 6) is 0. The third-order valence-corrected chi connectivity index (χ3v) is 2.10. The van der Waals surface area contributed by atoms with Crippen LogP contribution >= 0.6 is 7.60 Å². The largest absolute Gasteiger partial charge is 0.372 e. The third-order valence-electron chi connectivity index (χ3n) is 1.10. The molecule has 0 unspecified atom stereocenters. The zero-order valence-corrected chi connectivity index (χ0v) is 6.01. The van der Waals surface area contributed by atoms with Gasteiger partial charge in [0.15, 0.2) is 0 Å². The summed E-state index contributed by atoms with van der Waals surface area (Å²) in [6.07, 6.45) is 1.44. The van der Waals surface area contributed by atoms with Gasteiger partial charge >= 0.3 is 7.60 Å². The van der Waals surface area contributed by atoms with Gasteiger partial charge in [-0.1, -0.05) is 0 Å². The van der Waals surface area contributed by atoms with Crippen LogP contribution in [0, 0.1) is 6.92 Å². The number of aromatic nitrogens is 1. The van der Waals surface area contributed by atoms with E-state index in [2.05, 4.69) is 11.9 Å². The van der Waals surface area contributed by atoms with Gasteiger partial charge in [0.25, 0.3) is 0 Å². The van der Waals surface area contributed by atoms with Gasteiger partial charge in [-0.3, -0.25) is 4.57 Å². The molecule has 0 aliphatic carbocycles. The molecular weight excluding hydrogens is 153 g/mol. The average molecular weight is 160 g/mol. The summed E-state index contributed by atoms with van der Waals surface area (Å²) in [6, 6.07) is 1.51.